The molecule has 24 heavy (non-hydrogen) atoms. The van der Waals surface area contributed by atoms with Crippen LogP contribution in [-0.4, -0.2) is 36.3 Å². The zero-order chi connectivity index (χ0) is 16.8. The van der Waals surface area contributed by atoms with Gasteiger partial charge in [-0.15, -0.1) is 0 Å². The van der Waals surface area contributed by atoms with Crippen LogP contribution >= 0.6 is 0 Å². The molecular weight excluding hydrogens is 306 g/mol. The maximum atomic E-state index is 11.7. The van der Waals surface area contributed by atoms with E-state index in [2.05, 4.69) is 15.5 Å². The van der Waals surface area contributed by atoms with Crippen LogP contribution in [0.1, 0.15) is 81.3 Å². The molecule has 1 N–H and O–H groups in total. The van der Waals surface area contributed by atoms with E-state index in [1.807, 2.05) is 0 Å². The second-order valence-corrected chi connectivity index (χ2v) is 7.26. The van der Waals surface area contributed by atoms with Crippen LogP contribution in [0.4, 0.5) is 0 Å². The number of nitrogens with one attached hydrogen (secondary N) is 1. The monoisotopic (exact) mass is 335 g/mol. The van der Waals surface area contributed by atoms with Gasteiger partial charge >= 0.3 is 5.97 Å². The molecule has 6 nitrogen and oxygen atoms in total. The molecule has 1 aliphatic carbocycles. The highest BCUT2D eigenvalue weighted by molar-refractivity contribution is 5.70. The topological polar surface area (TPSA) is 77.2 Å². The molecule has 134 valence electrons. The quantitative estimate of drug-likeness (QED) is 0.735. The third kappa shape index (κ3) is 4.56. The molecule has 3 rings (SSSR count). The van der Waals surface area contributed by atoms with Gasteiger partial charge < -0.3 is 14.6 Å². The van der Waals surface area contributed by atoms with Gasteiger partial charge in [-0.25, -0.2) is 0 Å². The zero-order valence-corrected chi connectivity index (χ0v) is 14.6. The molecule has 1 aromatic heterocycles. The number of carbonyl (C=O) groups is 1. The number of hydrogen-bond acceptors (Lipinski definition) is 6. The number of ether oxygens (including phenoxy) is 1. The molecular formula is C18H29N3O3. The van der Waals surface area contributed by atoms with Gasteiger partial charge in [-0.2, -0.15) is 4.98 Å². The van der Waals surface area contributed by atoms with Crippen LogP contribution in [0.3, 0.4) is 0 Å². The van der Waals surface area contributed by atoms with E-state index in [-0.39, 0.29) is 11.9 Å². The zero-order valence-electron chi connectivity index (χ0n) is 14.6. The lowest BCUT2D eigenvalue weighted by Crippen LogP contribution is -2.40. The normalized spacial score (nSPS) is 20.5. The number of esters is 1. The van der Waals surface area contributed by atoms with Crippen molar-refractivity contribution < 1.29 is 14.1 Å². The van der Waals surface area contributed by atoms with Crippen molar-refractivity contribution in [3.05, 3.63) is 11.7 Å². The van der Waals surface area contributed by atoms with E-state index in [1.165, 1.54) is 45.6 Å². The summed E-state index contributed by atoms with van der Waals surface area (Å²) in [5, 5.41) is 7.33. The summed E-state index contributed by atoms with van der Waals surface area (Å²) in [6.07, 6.45) is 10.4. The van der Waals surface area contributed by atoms with E-state index >= 15 is 0 Å². The second kappa shape index (κ2) is 8.60. The van der Waals surface area contributed by atoms with Gasteiger partial charge in [0.25, 0.3) is 0 Å². The fraction of sp³-hybridized carbons (Fsp3) is 0.833. The smallest absolute Gasteiger partial charge is 0.306 e. The Labute approximate surface area is 143 Å². The van der Waals surface area contributed by atoms with Crippen LogP contribution in [0.2, 0.25) is 0 Å². The molecule has 2 heterocycles. The summed E-state index contributed by atoms with van der Waals surface area (Å²) >= 11 is 0. The number of nitrogens with zero attached hydrogens (tertiary/aromatic N) is 2. The Morgan fingerprint density at radius 3 is 2.79 bits per heavy atom. The summed E-state index contributed by atoms with van der Waals surface area (Å²) in [5.41, 5.74) is 0. The molecule has 1 atom stereocenters. The van der Waals surface area contributed by atoms with Crippen LogP contribution in [0.15, 0.2) is 4.52 Å². The molecule has 1 unspecified atom stereocenters. The van der Waals surface area contributed by atoms with Gasteiger partial charge in [0.2, 0.25) is 5.89 Å². The molecule has 0 radical (unpaired) electrons. The summed E-state index contributed by atoms with van der Waals surface area (Å²) in [4.78, 5) is 16.3. The highest BCUT2D eigenvalue weighted by Gasteiger charge is 2.28. The molecule has 1 saturated carbocycles. The van der Waals surface area contributed by atoms with Crippen molar-refractivity contribution in [2.24, 2.45) is 5.92 Å². The molecule has 0 amide bonds. The summed E-state index contributed by atoms with van der Waals surface area (Å²) in [6.45, 7) is 1.81. The molecule has 0 aromatic carbocycles. The van der Waals surface area contributed by atoms with E-state index in [0.717, 1.165) is 37.7 Å². The average Bonchev–Trinajstić information content (AvgIpc) is 3.02. The minimum absolute atomic E-state index is 0.0182. The Morgan fingerprint density at radius 1 is 1.33 bits per heavy atom. The van der Waals surface area contributed by atoms with Gasteiger partial charge in [-0.05, 0) is 12.3 Å². The van der Waals surface area contributed by atoms with Gasteiger partial charge in [0, 0.05) is 24.9 Å². The number of rotatable bonds is 8. The van der Waals surface area contributed by atoms with E-state index in [9.17, 15) is 4.79 Å². The first kappa shape index (κ1) is 17.4. The lowest BCUT2D eigenvalue weighted by molar-refractivity contribution is -0.141. The Morgan fingerprint density at radius 2 is 2.12 bits per heavy atom. The lowest BCUT2D eigenvalue weighted by Gasteiger charge is -2.23. The van der Waals surface area contributed by atoms with E-state index in [4.69, 9.17) is 9.26 Å². The van der Waals surface area contributed by atoms with E-state index in [0.29, 0.717) is 18.2 Å². The maximum absolute atomic E-state index is 11.7. The lowest BCUT2D eigenvalue weighted by atomic mass is 9.84. The molecule has 2 fully saturated rings. The first-order valence-electron chi connectivity index (χ1n) is 9.37. The summed E-state index contributed by atoms with van der Waals surface area (Å²) in [7, 11) is 1.43. The van der Waals surface area contributed by atoms with Crippen LogP contribution < -0.4 is 5.32 Å². The molecule has 6 heteroatoms. The molecule has 1 aliphatic heterocycles. The van der Waals surface area contributed by atoms with Gasteiger partial charge in [0.15, 0.2) is 5.82 Å². The molecule has 1 aromatic rings. The van der Waals surface area contributed by atoms with E-state index in [1.54, 1.807) is 0 Å². The fourth-order valence-corrected chi connectivity index (χ4v) is 3.78. The van der Waals surface area contributed by atoms with Crippen LogP contribution in [-0.2, 0) is 9.53 Å². The van der Waals surface area contributed by atoms with Gasteiger partial charge in [-0.3, -0.25) is 4.79 Å². The SMILES string of the molecule is COC(=O)CC(CCCC1CCCCC1)c1nc(C2CNC2)no1. The minimum Gasteiger partial charge on any atom is -0.469 e. The first-order chi connectivity index (χ1) is 11.8. The Hall–Kier alpha value is -1.43. The Kier molecular flexibility index (Phi) is 6.24. The van der Waals surface area contributed by atoms with Crippen LogP contribution in [0, 0.1) is 5.92 Å². The molecule has 0 spiro atoms. The summed E-state index contributed by atoms with van der Waals surface area (Å²) in [6, 6.07) is 0. The predicted molar refractivity (Wildman–Crippen MR) is 89.7 cm³/mol. The number of hydrogen-bond donors (Lipinski definition) is 1. The first-order valence-corrected chi connectivity index (χ1v) is 9.37. The Balaban J connectivity index is 1.55. The third-order valence-corrected chi connectivity index (χ3v) is 5.48. The van der Waals surface area contributed by atoms with Crippen molar-refractivity contribution in [1.29, 1.82) is 0 Å². The van der Waals surface area contributed by atoms with Crippen molar-refractivity contribution in [2.75, 3.05) is 20.2 Å². The minimum atomic E-state index is -0.206. The van der Waals surface area contributed by atoms with Crippen LogP contribution in [0.25, 0.3) is 0 Å². The van der Waals surface area contributed by atoms with Crippen molar-refractivity contribution in [2.45, 2.75) is 69.6 Å². The summed E-state index contributed by atoms with van der Waals surface area (Å²) in [5.74, 6) is 2.36. The van der Waals surface area contributed by atoms with Crippen molar-refractivity contribution in [3.8, 4) is 0 Å². The van der Waals surface area contributed by atoms with Crippen LogP contribution in [0.5, 0.6) is 0 Å². The average molecular weight is 335 g/mol. The third-order valence-electron chi connectivity index (χ3n) is 5.48. The Bertz CT molecular complexity index is 521. The van der Waals surface area contributed by atoms with Gasteiger partial charge in [0.1, 0.15) is 0 Å². The second-order valence-electron chi connectivity index (χ2n) is 7.26. The van der Waals surface area contributed by atoms with Gasteiger partial charge in [0.05, 0.1) is 13.5 Å². The molecule has 2 aliphatic rings. The van der Waals surface area contributed by atoms with Crippen molar-refractivity contribution in [3.63, 3.8) is 0 Å². The number of aromatic nitrogens is 2. The van der Waals surface area contributed by atoms with Gasteiger partial charge in [-0.1, -0.05) is 50.1 Å². The number of carbonyl (C=O) groups excluding carboxylic acids is 1. The van der Waals surface area contributed by atoms with E-state index < -0.39 is 0 Å². The summed E-state index contributed by atoms with van der Waals surface area (Å²) < 4.78 is 10.3. The largest absolute Gasteiger partial charge is 0.469 e. The standard InChI is InChI=1S/C18H29N3O3/c1-23-16(22)10-14(9-5-8-13-6-3-2-4-7-13)18-20-17(21-24-18)15-11-19-12-15/h13-15,19H,2-12H2,1H3. The highest BCUT2D eigenvalue weighted by atomic mass is 16.5. The maximum Gasteiger partial charge on any atom is 0.306 e. The van der Waals surface area contributed by atoms with Crippen molar-refractivity contribution >= 4 is 5.97 Å². The molecule has 1 saturated heterocycles. The van der Waals surface area contributed by atoms with Crippen molar-refractivity contribution in [1.82, 2.24) is 15.5 Å². The fourth-order valence-electron chi connectivity index (χ4n) is 3.78. The highest BCUT2D eigenvalue weighted by Crippen LogP contribution is 2.31. The molecule has 0 bridgehead atoms. The number of methoxy groups -OCH3 is 1. The predicted octanol–water partition coefficient (Wildman–Crippen LogP) is 3.15.